The molecule has 2 amide bonds. The molecule has 1 fully saturated rings. The monoisotopic (exact) mass is 448 g/mol. The predicted octanol–water partition coefficient (Wildman–Crippen LogP) is 3.94. The summed E-state index contributed by atoms with van der Waals surface area (Å²) >= 11 is 0. The van der Waals surface area contributed by atoms with E-state index < -0.39 is 47.1 Å². The maximum Gasteiger partial charge on any atom is 0.573 e. The number of fused-ring (bicyclic) bond motifs is 2. The van der Waals surface area contributed by atoms with Gasteiger partial charge in [0.05, 0.1) is 12.1 Å². The first-order chi connectivity index (χ1) is 14.6. The summed E-state index contributed by atoms with van der Waals surface area (Å²) in [7, 11) is 1.33. The van der Waals surface area contributed by atoms with Gasteiger partial charge in [0.25, 0.3) is 5.91 Å². The van der Waals surface area contributed by atoms with Gasteiger partial charge in [0.15, 0.2) is 11.0 Å². The highest BCUT2D eigenvalue weighted by Gasteiger charge is 2.74. The molecule has 0 N–H and O–H groups in total. The lowest BCUT2D eigenvalue weighted by Crippen LogP contribution is -2.58. The summed E-state index contributed by atoms with van der Waals surface area (Å²) in [5.74, 6) is -1.53. The Kier molecular flexibility index (Phi) is 4.94. The van der Waals surface area contributed by atoms with Crippen LogP contribution in [0.5, 0.6) is 5.75 Å². The van der Waals surface area contributed by atoms with E-state index in [-0.39, 0.29) is 16.9 Å². The van der Waals surface area contributed by atoms with Gasteiger partial charge in [-0.15, -0.1) is 13.2 Å². The SMILES string of the molecule is C=C1CC(C#N)(C#N)[C@]2(C(=O)N(C)c3ccc(OC(F)(F)F)cc32)N1C(=O)OC(C)(C)C. The molecule has 1 aromatic carbocycles. The Labute approximate surface area is 182 Å². The summed E-state index contributed by atoms with van der Waals surface area (Å²) < 4.78 is 47.9. The second-order valence-electron chi connectivity index (χ2n) is 8.49. The van der Waals surface area contributed by atoms with E-state index in [1.807, 2.05) is 12.1 Å². The number of benzene rings is 1. The number of allylic oxidation sites excluding steroid dienone is 1. The summed E-state index contributed by atoms with van der Waals surface area (Å²) in [6.07, 6.45) is -6.49. The first-order valence-electron chi connectivity index (χ1n) is 9.35. The second-order valence-corrected chi connectivity index (χ2v) is 8.49. The fourth-order valence-corrected chi connectivity index (χ4v) is 4.17. The van der Waals surface area contributed by atoms with Crippen LogP contribution in [0, 0.1) is 28.1 Å². The molecule has 2 heterocycles. The number of alkyl halides is 3. The maximum absolute atomic E-state index is 13.6. The fraction of sp³-hybridized carbons (Fsp3) is 0.429. The van der Waals surface area contributed by atoms with Crippen molar-refractivity contribution in [2.75, 3.05) is 11.9 Å². The van der Waals surface area contributed by atoms with Crippen LogP contribution in [0.1, 0.15) is 32.8 Å². The number of likely N-dealkylation sites (N-methyl/N-ethyl adjacent to an activating group) is 1. The van der Waals surface area contributed by atoms with E-state index in [4.69, 9.17) is 4.74 Å². The number of ether oxygens (including phenoxy) is 2. The molecule has 1 spiro atoms. The minimum Gasteiger partial charge on any atom is -0.443 e. The number of nitrogens with zero attached hydrogens (tertiary/aromatic N) is 4. The summed E-state index contributed by atoms with van der Waals surface area (Å²) in [5, 5.41) is 20.0. The molecule has 0 bridgehead atoms. The molecule has 0 aliphatic carbocycles. The van der Waals surface area contributed by atoms with Gasteiger partial charge in [-0.1, -0.05) is 6.58 Å². The van der Waals surface area contributed by atoms with Gasteiger partial charge in [0.1, 0.15) is 11.4 Å². The third kappa shape index (κ3) is 3.12. The third-order valence-electron chi connectivity index (χ3n) is 5.26. The molecule has 32 heavy (non-hydrogen) atoms. The Morgan fingerprint density at radius 1 is 1.22 bits per heavy atom. The average Bonchev–Trinajstić information content (AvgIpc) is 3.04. The maximum atomic E-state index is 13.6. The van der Waals surface area contributed by atoms with Crippen molar-refractivity contribution in [1.29, 1.82) is 10.5 Å². The average molecular weight is 448 g/mol. The number of anilines is 1. The molecule has 168 valence electrons. The number of hydrogen-bond acceptors (Lipinski definition) is 6. The van der Waals surface area contributed by atoms with Crippen molar-refractivity contribution < 1.29 is 32.2 Å². The second kappa shape index (κ2) is 6.89. The molecular formula is C21H19F3N4O4. The number of carbonyl (C=O) groups is 2. The van der Waals surface area contributed by atoms with Crippen molar-refractivity contribution in [2.45, 2.75) is 44.7 Å². The number of nitriles is 2. The number of halogens is 3. The van der Waals surface area contributed by atoms with Crippen molar-refractivity contribution >= 4 is 17.7 Å². The zero-order chi connectivity index (χ0) is 24.3. The van der Waals surface area contributed by atoms with Gasteiger partial charge in [0.2, 0.25) is 0 Å². The Morgan fingerprint density at radius 2 is 1.81 bits per heavy atom. The molecule has 1 saturated heterocycles. The van der Waals surface area contributed by atoms with Crippen LogP contribution in [0.25, 0.3) is 0 Å². The third-order valence-corrected chi connectivity index (χ3v) is 5.26. The molecule has 2 aliphatic heterocycles. The van der Waals surface area contributed by atoms with Crippen molar-refractivity contribution in [3.8, 4) is 17.9 Å². The molecule has 0 aromatic heterocycles. The molecule has 1 aromatic rings. The number of rotatable bonds is 1. The van der Waals surface area contributed by atoms with Gasteiger partial charge in [-0.3, -0.25) is 9.69 Å². The van der Waals surface area contributed by atoms with Crippen LogP contribution < -0.4 is 9.64 Å². The Hall–Kier alpha value is -3.73. The highest BCUT2D eigenvalue weighted by atomic mass is 19.4. The number of likely N-dealkylation sites (tertiary alicyclic amines) is 1. The zero-order valence-electron chi connectivity index (χ0n) is 17.7. The van der Waals surface area contributed by atoms with Crippen LogP contribution in [0.15, 0.2) is 30.5 Å². The van der Waals surface area contributed by atoms with Gasteiger partial charge >= 0.3 is 12.5 Å². The van der Waals surface area contributed by atoms with Gasteiger partial charge in [-0.25, -0.2) is 4.79 Å². The molecule has 1 atom stereocenters. The molecule has 2 aliphatic rings. The first-order valence-corrected chi connectivity index (χ1v) is 9.35. The van der Waals surface area contributed by atoms with Gasteiger partial charge in [0, 0.05) is 30.4 Å². The fourth-order valence-electron chi connectivity index (χ4n) is 4.17. The normalized spacial score (nSPS) is 21.9. The van der Waals surface area contributed by atoms with Crippen molar-refractivity contribution in [1.82, 2.24) is 4.90 Å². The van der Waals surface area contributed by atoms with Crippen LogP contribution >= 0.6 is 0 Å². The Bertz CT molecular complexity index is 1100. The minimum absolute atomic E-state index is 0.0564. The van der Waals surface area contributed by atoms with Gasteiger partial charge in [-0.2, -0.15) is 10.5 Å². The predicted molar refractivity (Wildman–Crippen MR) is 104 cm³/mol. The number of amides is 2. The largest absolute Gasteiger partial charge is 0.573 e. The topological polar surface area (TPSA) is 107 Å². The lowest BCUT2D eigenvalue weighted by molar-refractivity contribution is -0.274. The molecule has 11 heteroatoms. The van der Waals surface area contributed by atoms with E-state index in [9.17, 15) is 33.3 Å². The molecule has 0 radical (unpaired) electrons. The highest BCUT2D eigenvalue weighted by Crippen LogP contribution is 2.62. The molecule has 8 nitrogen and oxygen atoms in total. The lowest BCUT2D eigenvalue weighted by atomic mass is 9.68. The molecule has 0 unspecified atom stereocenters. The molecular weight excluding hydrogens is 429 g/mol. The standard InChI is InChI=1S/C21H19F3N4O4/c1-12-9-19(10-25,11-26)20(28(12)17(30)32-18(2,3)4)14-8-13(31-21(22,23)24)6-7-15(14)27(5)16(20)29/h6-8H,1,9H2,2-5H3/t20-/m0/s1. The van der Waals surface area contributed by atoms with E-state index in [0.29, 0.717) is 0 Å². The van der Waals surface area contributed by atoms with Crippen LogP contribution in [-0.2, 0) is 15.1 Å². The van der Waals surface area contributed by atoms with Crippen molar-refractivity contribution in [2.24, 2.45) is 5.41 Å². The Morgan fingerprint density at radius 3 is 2.31 bits per heavy atom. The van der Waals surface area contributed by atoms with Crippen LogP contribution in [0.4, 0.5) is 23.7 Å². The highest BCUT2D eigenvalue weighted by molar-refractivity contribution is 6.11. The smallest absolute Gasteiger partial charge is 0.443 e. The number of hydrogen-bond donors (Lipinski definition) is 0. The van der Waals surface area contributed by atoms with Crippen molar-refractivity contribution in [3.05, 3.63) is 36.0 Å². The van der Waals surface area contributed by atoms with Crippen molar-refractivity contribution in [3.63, 3.8) is 0 Å². The van der Waals surface area contributed by atoms with E-state index in [2.05, 4.69) is 11.3 Å². The summed E-state index contributed by atoms with van der Waals surface area (Å²) in [6.45, 7) is 8.47. The van der Waals surface area contributed by atoms with Gasteiger partial charge in [-0.05, 0) is 39.0 Å². The van der Waals surface area contributed by atoms with Crippen LogP contribution in [0.2, 0.25) is 0 Å². The zero-order valence-corrected chi connectivity index (χ0v) is 17.7. The lowest BCUT2D eigenvalue weighted by Gasteiger charge is -2.39. The first kappa shape index (κ1) is 22.9. The summed E-state index contributed by atoms with van der Waals surface area (Å²) in [5.41, 5.74) is -5.61. The quantitative estimate of drug-likeness (QED) is 0.644. The molecule has 3 rings (SSSR count). The van der Waals surface area contributed by atoms with Crippen LogP contribution in [0.3, 0.4) is 0 Å². The van der Waals surface area contributed by atoms with Crippen LogP contribution in [-0.4, -0.2) is 35.9 Å². The number of carbonyl (C=O) groups excluding carboxylic acids is 2. The van der Waals surface area contributed by atoms with E-state index >= 15 is 0 Å². The van der Waals surface area contributed by atoms with Gasteiger partial charge < -0.3 is 14.4 Å². The molecule has 0 saturated carbocycles. The van der Waals surface area contributed by atoms with E-state index in [1.54, 1.807) is 20.8 Å². The summed E-state index contributed by atoms with van der Waals surface area (Å²) in [6, 6.07) is 6.73. The van der Waals surface area contributed by atoms with E-state index in [1.165, 1.54) is 13.1 Å². The Balaban J connectivity index is 2.36. The minimum atomic E-state index is -5.03. The van der Waals surface area contributed by atoms with E-state index in [0.717, 1.165) is 21.9 Å². The summed E-state index contributed by atoms with van der Waals surface area (Å²) in [4.78, 5) is 28.7.